The van der Waals surface area contributed by atoms with Crippen molar-refractivity contribution in [1.29, 1.82) is 0 Å². The van der Waals surface area contributed by atoms with E-state index >= 15 is 0 Å². The average molecular weight is 275 g/mol. The molecule has 1 N–H and O–H groups in total. The van der Waals surface area contributed by atoms with Gasteiger partial charge in [0.2, 0.25) is 0 Å². The van der Waals surface area contributed by atoms with Gasteiger partial charge in [-0.1, -0.05) is 44.2 Å². The number of aliphatic hydroxyl groups excluding tert-OH is 1. The molecule has 1 heterocycles. The largest absolute Gasteiger partial charge is 0.392 e. The van der Waals surface area contributed by atoms with E-state index in [1.165, 1.54) is 5.56 Å². The zero-order valence-corrected chi connectivity index (χ0v) is 12.4. The first kappa shape index (κ1) is 14.2. The summed E-state index contributed by atoms with van der Waals surface area (Å²) in [4.78, 5) is 4.29. The molecule has 3 heteroatoms. The van der Waals surface area contributed by atoms with Crippen molar-refractivity contribution in [2.45, 2.75) is 44.6 Å². The SMILES string of the molecule is CCC(CC)(c1ccccc1)C(O)Cc1nccs1. The van der Waals surface area contributed by atoms with Gasteiger partial charge in [-0.15, -0.1) is 11.3 Å². The summed E-state index contributed by atoms with van der Waals surface area (Å²) in [6, 6.07) is 10.4. The van der Waals surface area contributed by atoms with Crippen molar-refractivity contribution < 1.29 is 5.11 Å². The molecule has 1 aromatic heterocycles. The number of rotatable bonds is 6. The van der Waals surface area contributed by atoms with Gasteiger partial charge >= 0.3 is 0 Å². The van der Waals surface area contributed by atoms with E-state index in [4.69, 9.17) is 0 Å². The second-order valence-corrected chi connectivity index (χ2v) is 5.85. The van der Waals surface area contributed by atoms with Crippen LogP contribution in [0, 0.1) is 0 Å². The number of thiazole rings is 1. The Morgan fingerprint density at radius 1 is 1.21 bits per heavy atom. The number of hydrogen-bond acceptors (Lipinski definition) is 3. The summed E-state index contributed by atoms with van der Waals surface area (Å²) in [7, 11) is 0. The predicted molar refractivity (Wildman–Crippen MR) is 80.5 cm³/mol. The third-order valence-electron chi connectivity index (χ3n) is 4.10. The molecule has 0 aliphatic rings. The van der Waals surface area contributed by atoms with Crippen molar-refractivity contribution in [3.63, 3.8) is 0 Å². The molecule has 2 rings (SSSR count). The van der Waals surface area contributed by atoms with Gasteiger partial charge in [0.05, 0.1) is 11.1 Å². The Morgan fingerprint density at radius 2 is 1.89 bits per heavy atom. The minimum atomic E-state index is -0.393. The van der Waals surface area contributed by atoms with Crippen molar-refractivity contribution in [2.75, 3.05) is 0 Å². The Hall–Kier alpha value is -1.19. The van der Waals surface area contributed by atoms with Crippen LogP contribution in [0.15, 0.2) is 41.9 Å². The minimum Gasteiger partial charge on any atom is -0.392 e. The van der Waals surface area contributed by atoms with Crippen molar-refractivity contribution in [2.24, 2.45) is 0 Å². The van der Waals surface area contributed by atoms with Crippen molar-refractivity contribution in [3.05, 3.63) is 52.5 Å². The molecule has 2 aromatic rings. The highest BCUT2D eigenvalue weighted by molar-refractivity contribution is 7.09. The summed E-state index contributed by atoms with van der Waals surface area (Å²) < 4.78 is 0. The zero-order chi connectivity index (χ0) is 13.7. The van der Waals surface area contributed by atoms with E-state index in [1.807, 2.05) is 23.6 Å². The van der Waals surface area contributed by atoms with Gasteiger partial charge in [0.25, 0.3) is 0 Å². The van der Waals surface area contributed by atoms with Gasteiger partial charge in [-0.2, -0.15) is 0 Å². The first-order valence-corrected chi connectivity index (χ1v) is 7.73. The number of benzene rings is 1. The smallest absolute Gasteiger partial charge is 0.0950 e. The number of aromatic nitrogens is 1. The lowest BCUT2D eigenvalue weighted by Gasteiger charge is -2.37. The lowest BCUT2D eigenvalue weighted by molar-refractivity contribution is 0.0733. The number of aliphatic hydroxyl groups is 1. The molecule has 0 radical (unpaired) electrons. The Morgan fingerprint density at radius 3 is 2.42 bits per heavy atom. The van der Waals surface area contributed by atoms with Gasteiger partial charge in [-0.25, -0.2) is 4.98 Å². The van der Waals surface area contributed by atoms with Crippen molar-refractivity contribution in [1.82, 2.24) is 4.98 Å². The first-order valence-electron chi connectivity index (χ1n) is 6.85. The average Bonchev–Trinajstić information content (AvgIpc) is 2.95. The fraction of sp³-hybridized carbons (Fsp3) is 0.438. The van der Waals surface area contributed by atoms with Gasteiger partial charge in [-0.05, 0) is 18.4 Å². The number of nitrogens with zero attached hydrogens (tertiary/aromatic N) is 1. The molecule has 0 bridgehead atoms. The molecule has 0 amide bonds. The molecule has 0 aliphatic carbocycles. The maximum Gasteiger partial charge on any atom is 0.0950 e. The highest BCUT2D eigenvalue weighted by Crippen LogP contribution is 2.36. The van der Waals surface area contributed by atoms with Gasteiger partial charge in [0.1, 0.15) is 0 Å². The lowest BCUT2D eigenvalue weighted by Crippen LogP contribution is -2.40. The standard InChI is InChI=1S/C16H21NOS/c1-3-16(4-2,13-8-6-5-7-9-13)14(18)12-15-17-10-11-19-15/h5-11,14,18H,3-4,12H2,1-2H3. The van der Waals surface area contributed by atoms with Crippen LogP contribution in [0.1, 0.15) is 37.3 Å². The third-order valence-corrected chi connectivity index (χ3v) is 4.90. The van der Waals surface area contributed by atoms with Gasteiger partial charge in [0, 0.05) is 23.4 Å². The second kappa shape index (κ2) is 6.31. The Labute approximate surface area is 119 Å². The van der Waals surface area contributed by atoms with Gasteiger partial charge in [0.15, 0.2) is 0 Å². The normalized spacial score (nSPS) is 13.4. The summed E-state index contributed by atoms with van der Waals surface area (Å²) in [6.45, 7) is 4.31. The molecule has 0 spiro atoms. The van der Waals surface area contributed by atoms with E-state index in [0.29, 0.717) is 6.42 Å². The van der Waals surface area contributed by atoms with Crippen molar-refractivity contribution in [3.8, 4) is 0 Å². The highest BCUT2D eigenvalue weighted by Gasteiger charge is 2.36. The molecular formula is C16H21NOS. The quantitative estimate of drug-likeness (QED) is 0.869. The van der Waals surface area contributed by atoms with Gasteiger partial charge in [-0.3, -0.25) is 0 Å². The van der Waals surface area contributed by atoms with Crippen LogP contribution < -0.4 is 0 Å². The molecule has 0 saturated heterocycles. The maximum absolute atomic E-state index is 10.8. The van der Waals surface area contributed by atoms with Crippen LogP contribution in [0.2, 0.25) is 0 Å². The summed E-state index contributed by atoms with van der Waals surface area (Å²) in [6.07, 6.45) is 3.90. The predicted octanol–water partition coefficient (Wildman–Crippen LogP) is 3.80. The Balaban J connectivity index is 2.28. The molecule has 1 aromatic carbocycles. The van der Waals surface area contributed by atoms with E-state index in [2.05, 4.69) is 31.0 Å². The molecule has 102 valence electrons. The summed E-state index contributed by atoms with van der Waals surface area (Å²) in [5, 5.41) is 13.7. The summed E-state index contributed by atoms with van der Waals surface area (Å²) >= 11 is 1.61. The Kier molecular flexibility index (Phi) is 4.72. The van der Waals surface area contributed by atoms with Crippen molar-refractivity contribution >= 4 is 11.3 Å². The van der Waals surface area contributed by atoms with E-state index in [0.717, 1.165) is 17.8 Å². The molecule has 2 nitrogen and oxygen atoms in total. The summed E-state index contributed by atoms with van der Waals surface area (Å²) in [5.74, 6) is 0. The highest BCUT2D eigenvalue weighted by atomic mass is 32.1. The van der Waals surface area contributed by atoms with E-state index < -0.39 is 6.10 Å². The minimum absolute atomic E-state index is 0.174. The topological polar surface area (TPSA) is 33.1 Å². The lowest BCUT2D eigenvalue weighted by atomic mass is 9.70. The molecule has 1 unspecified atom stereocenters. The molecule has 0 fully saturated rings. The molecule has 0 saturated carbocycles. The van der Waals surface area contributed by atoms with E-state index in [1.54, 1.807) is 17.5 Å². The van der Waals surface area contributed by atoms with Crippen LogP contribution in [0.3, 0.4) is 0 Å². The van der Waals surface area contributed by atoms with Crippen LogP contribution in [-0.2, 0) is 11.8 Å². The van der Waals surface area contributed by atoms with Crippen LogP contribution in [0.25, 0.3) is 0 Å². The monoisotopic (exact) mass is 275 g/mol. The fourth-order valence-corrected chi connectivity index (χ4v) is 3.46. The molecule has 0 aliphatic heterocycles. The molecular weight excluding hydrogens is 254 g/mol. The van der Waals surface area contributed by atoms with Gasteiger partial charge < -0.3 is 5.11 Å². The second-order valence-electron chi connectivity index (χ2n) is 4.88. The fourth-order valence-electron chi connectivity index (χ4n) is 2.81. The third kappa shape index (κ3) is 2.88. The van der Waals surface area contributed by atoms with E-state index in [9.17, 15) is 5.11 Å². The maximum atomic E-state index is 10.8. The van der Waals surface area contributed by atoms with E-state index in [-0.39, 0.29) is 5.41 Å². The number of hydrogen-bond donors (Lipinski definition) is 1. The van der Waals surface area contributed by atoms with Crippen LogP contribution >= 0.6 is 11.3 Å². The zero-order valence-electron chi connectivity index (χ0n) is 11.5. The van der Waals surface area contributed by atoms with Crippen LogP contribution in [0.4, 0.5) is 0 Å². The first-order chi connectivity index (χ1) is 9.23. The summed E-state index contributed by atoms with van der Waals surface area (Å²) in [5.41, 5.74) is 1.05. The van der Waals surface area contributed by atoms with Crippen LogP contribution in [-0.4, -0.2) is 16.2 Å². The molecule has 19 heavy (non-hydrogen) atoms. The Bertz CT molecular complexity index is 477. The molecule has 1 atom stereocenters. The van der Waals surface area contributed by atoms with Crippen LogP contribution in [0.5, 0.6) is 0 Å².